The van der Waals surface area contributed by atoms with Crippen molar-refractivity contribution in [3.05, 3.63) is 12.2 Å². The zero-order valence-electron chi connectivity index (χ0n) is 11.1. The lowest BCUT2D eigenvalue weighted by molar-refractivity contribution is -0.142. The topological polar surface area (TPSA) is 37.4 Å². The smallest absolute Gasteiger partial charge is 0.253 e. The SMILES string of the molecule is CC1(C)CC(N2C(=O)C=CC2=O)CC(C)(C)C1. The minimum absolute atomic E-state index is 0.0590. The van der Waals surface area contributed by atoms with E-state index in [2.05, 4.69) is 27.7 Å². The van der Waals surface area contributed by atoms with Crippen molar-refractivity contribution in [3.8, 4) is 0 Å². The Labute approximate surface area is 103 Å². The summed E-state index contributed by atoms with van der Waals surface area (Å²) in [4.78, 5) is 24.9. The van der Waals surface area contributed by atoms with Crippen LogP contribution in [-0.2, 0) is 9.59 Å². The minimum atomic E-state index is -0.145. The molecule has 0 atom stereocenters. The predicted octanol–water partition coefficient (Wildman–Crippen LogP) is 2.52. The average Bonchev–Trinajstić information content (AvgIpc) is 2.40. The van der Waals surface area contributed by atoms with Gasteiger partial charge in [-0.25, -0.2) is 0 Å². The Balaban J connectivity index is 2.22. The highest BCUT2D eigenvalue weighted by molar-refractivity contribution is 6.13. The molecule has 1 aliphatic heterocycles. The van der Waals surface area contributed by atoms with Gasteiger partial charge in [0.05, 0.1) is 0 Å². The zero-order chi connectivity index (χ0) is 12.8. The molecular weight excluding hydrogens is 214 g/mol. The van der Waals surface area contributed by atoms with Crippen molar-refractivity contribution < 1.29 is 9.59 Å². The largest absolute Gasteiger partial charge is 0.272 e. The van der Waals surface area contributed by atoms with Crippen molar-refractivity contribution in [1.29, 1.82) is 0 Å². The van der Waals surface area contributed by atoms with Crippen LogP contribution in [0.5, 0.6) is 0 Å². The molecule has 0 aromatic carbocycles. The van der Waals surface area contributed by atoms with Crippen molar-refractivity contribution >= 4 is 11.8 Å². The molecule has 3 heteroatoms. The van der Waals surface area contributed by atoms with Gasteiger partial charge in [0.1, 0.15) is 0 Å². The Kier molecular flexibility index (Phi) is 2.68. The second-order valence-electron chi connectivity index (χ2n) is 6.95. The van der Waals surface area contributed by atoms with Crippen molar-refractivity contribution in [2.75, 3.05) is 0 Å². The molecule has 0 aromatic heterocycles. The number of hydrogen-bond acceptors (Lipinski definition) is 2. The van der Waals surface area contributed by atoms with Crippen LogP contribution in [0, 0.1) is 10.8 Å². The standard InChI is InChI=1S/C14H21NO2/c1-13(2)7-10(8-14(3,4)9-13)15-11(16)5-6-12(15)17/h5-6,10H,7-9H2,1-4H3. The average molecular weight is 235 g/mol. The van der Waals surface area contributed by atoms with Crippen LogP contribution in [0.25, 0.3) is 0 Å². The maximum Gasteiger partial charge on any atom is 0.253 e. The summed E-state index contributed by atoms with van der Waals surface area (Å²) in [6.45, 7) is 8.89. The van der Waals surface area contributed by atoms with Crippen molar-refractivity contribution in [3.63, 3.8) is 0 Å². The lowest BCUT2D eigenvalue weighted by Crippen LogP contribution is -2.48. The summed E-state index contributed by atoms with van der Waals surface area (Å²) in [5.41, 5.74) is 0.380. The Morgan fingerprint density at radius 3 is 1.82 bits per heavy atom. The van der Waals surface area contributed by atoms with E-state index >= 15 is 0 Å². The summed E-state index contributed by atoms with van der Waals surface area (Å²) in [6.07, 6.45) is 5.74. The number of hydrogen-bond donors (Lipinski definition) is 0. The number of rotatable bonds is 1. The van der Waals surface area contributed by atoms with Gasteiger partial charge in [0.15, 0.2) is 0 Å². The molecule has 1 saturated carbocycles. The predicted molar refractivity (Wildman–Crippen MR) is 66.2 cm³/mol. The molecular formula is C14H21NO2. The van der Waals surface area contributed by atoms with Gasteiger partial charge in [0.2, 0.25) is 0 Å². The van der Waals surface area contributed by atoms with E-state index in [-0.39, 0.29) is 28.7 Å². The molecule has 0 saturated heterocycles. The lowest BCUT2D eigenvalue weighted by Gasteiger charge is -2.47. The van der Waals surface area contributed by atoms with E-state index in [9.17, 15) is 9.59 Å². The van der Waals surface area contributed by atoms with E-state index in [0.717, 1.165) is 19.3 Å². The highest BCUT2D eigenvalue weighted by atomic mass is 16.2. The zero-order valence-corrected chi connectivity index (χ0v) is 11.1. The van der Waals surface area contributed by atoms with E-state index in [1.807, 2.05) is 0 Å². The van der Waals surface area contributed by atoms with Gasteiger partial charge in [-0.05, 0) is 30.1 Å². The summed E-state index contributed by atoms with van der Waals surface area (Å²) in [5.74, 6) is -0.290. The highest BCUT2D eigenvalue weighted by Gasteiger charge is 2.43. The quantitative estimate of drug-likeness (QED) is 0.655. The first-order valence-electron chi connectivity index (χ1n) is 6.26. The van der Waals surface area contributed by atoms with Crippen LogP contribution in [-0.4, -0.2) is 22.8 Å². The number of amides is 2. The molecule has 0 spiro atoms. The Bertz CT molecular complexity index is 359. The van der Waals surface area contributed by atoms with Gasteiger partial charge in [-0.2, -0.15) is 0 Å². The number of carbonyl (C=O) groups is 2. The molecule has 2 amide bonds. The molecule has 1 aliphatic carbocycles. The molecule has 2 aliphatic rings. The molecule has 3 nitrogen and oxygen atoms in total. The van der Waals surface area contributed by atoms with Gasteiger partial charge in [-0.1, -0.05) is 27.7 Å². The Morgan fingerprint density at radius 1 is 1.00 bits per heavy atom. The number of imide groups is 1. The second kappa shape index (κ2) is 3.69. The third-order valence-electron chi connectivity index (χ3n) is 3.74. The molecule has 0 bridgehead atoms. The van der Waals surface area contributed by atoms with Crippen molar-refractivity contribution in [2.24, 2.45) is 10.8 Å². The van der Waals surface area contributed by atoms with Crippen LogP contribution in [0.2, 0.25) is 0 Å². The first kappa shape index (κ1) is 12.3. The Hall–Kier alpha value is -1.12. The van der Waals surface area contributed by atoms with E-state index in [1.165, 1.54) is 17.1 Å². The maximum atomic E-state index is 11.7. The van der Waals surface area contributed by atoms with E-state index in [4.69, 9.17) is 0 Å². The molecule has 0 radical (unpaired) electrons. The Morgan fingerprint density at radius 2 is 1.41 bits per heavy atom. The van der Waals surface area contributed by atoms with Crippen molar-refractivity contribution in [2.45, 2.75) is 53.0 Å². The van der Waals surface area contributed by atoms with Gasteiger partial charge in [0, 0.05) is 18.2 Å². The van der Waals surface area contributed by atoms with Gasteiger partial charge in [-0.3, -0.25) is 14.5 Å². The second-order valence-corrected chi connectivity index (χ2v) is 6.95. The number of carbonyl (C=O) groups excluding carboxylic acids is 2. The van der Waals surface area contributed by atoms with Crippen LogP contribution in [0.1, 0.15) is 47.0 Å². The fourth-order valence-electron chi connectivity index (χ4n) is 3.74. The molecule has 1 heterocycles. The van der Waals surface area contributed by atoms with Crippen LogP contribution in [0.15, 0.2) is 12.2 Å². The van der Waals surface area contributed by atoms with Crippen LogP contribution in [0.4, 0.5) is 0 Å². The van der Waals surface area contributed by atoms with E-state index < -0.39 is 0 Å². The summed E-state index contributed by atoms with van der Waals surface area (Å²) in [6, 6.07) is 0.0590. The first-order valence-corrected chi connectivity index (χ1v) is 6.26. The van der Waals surface area contributed by atoms with Crippen molar-refractivity contribution in [1.82, 2.24) is 4.90 Å². The normalized spacial score (nSPS) is 27.9. The van der Waals surface area contributed by atoms with Gasteiger partial charge >= 0.3 is 0 Å². The summed E-state index contributed by atoms with van der Waals surface area (Å²) in [7, 11) is 0. The lowest BCUT2D eigenvalue weighted by atomic mass is 9.63. The summed E-state index contributed by atoms with van der Waals surface area (Å²) in [5, 5.41) is 0. The van der Waals surface area contributed by atoms with E-state index in [0.29, 0.717) is 0 Å². The van der Waals surface area contributed by atoms with Gasteiger partial charge in [-0.15, -0.1) is 0 Å². The van der Waals surface area contributed by atoms with Gasteiger partial charge < -0.3 is 0 Å². The molecule has 17 heavy (non-hydrogen) atoms. The molecule has 0 N–H and O–H groups in total. The van der Waals surface area contributed by atoms with Gasteiger partial charge in [0.25, 0.3) is 11.8 Å². The summed E-state index contributed by atoms with van der Waals surface area (Å²) >= 11 is 0. The fraction of sp³-hybridized carbons (Fsp3) is 0.714. The number of nitrogens with zero attached hydrogens (tertiary/aromatic N) is 1. The van der Waals surface area contributed by atoms with E-state index in [1.54, 1.807) is 0 Å². The third kappa shape index (κ3) is 2.43. The van der Waals surface area contributed by atoms with Crippen LogP contribution in [0.3, 0.4) is 0 Å². The van der Waals surface area contributed by atoms with Crippen LogP contribution < -0.4 is 0 Å². The first-order chi connectivity index (χ1) is 7.70. The molecule has 2 rings (SSSR count). The highest BCUT2D eigenvalue weighted by Crippen LogP contribution is 2.47. The maximum absolute atomic E-state index is 11.7. The fourth-order valence-corrected chi connectivity index (χ4v) is 3.74. The third-order valence-corrected chi connectivity index (χ3v) is 3.74. The molecule has 0 aromatic rings. The van der Waals surface area contributed by atoms with Crippen LogP contribution >= 0.6 is 0 Å². The molecule has 94 valence electrons. The monoisotopic (exact) mass is 235 g/mol. The molecule has 0 unspecified atom stereocenters. The molecule has 1 fully saturated rings. The minimum Gasteiger partial charge on any atom is -0.272 e. The summed E-state index contributed by atoms with van der Waals surface area (Å²) < 4.78 is 0.